The second-order valence-corrected chi connectivity index (χ2v) is 8.81. The Balaban J connectivity index is 1.64. The van der Waals surface area contributed by atoms with Crippen LogP contribution in [-0.4, -0.2) is 38.6 Å². The molecule has 1 saturated heterocycles. The van der Waals surface area contributed by atoms with Gasteiger partial charge < -0.3 is 4.90 Å². The first-order chi connectivity index (χ1) is 10.4. The number of likely N-dealkylation sites (tertiary alicyclic amines) is 1. The molecule has 1 aliphatic carbocycles. The highest BCUT2D eigenvalue weighted by atomic mass is 32.2. The van der Waals surface area contributed by atoms with Crippen molar-refractivity contribution in [1.82, 2.24) is 4.90 Å². The fourth-order valence-electron chi connectivity index (χ4n) is 3.78. The molecule has 22 heavy (non-hydrogen) atoms. The number of hydrogen-bond acceptors (Lipinski definition) is 3. The van der Waals surface area contributed by atoms with E-state index in [1.807, 2.05) is 4.90 Å². The van der Waals surface area contributed by atoms with Gasteiger partial charge in [-0.1, -0.05) is 18.6 Å². The number of nitrogens with zero attached hydrogens (tertiary/aromatic N) is 1. The van der Waals surface area contributed by atoms with Gasteiger partial charge in [0.25, 0.3) is 0 Å². The average Bonchev–Trinajstić information content (AvgIpc) is 2.46. The molecule has 5 heteroatoms. The Morgan fingerprint density at radius 3 is 2.27 bits per heavy atom. The summed E-state index contributed by atoms with van der Waals surface area (Å²) in [5.74, 6) is 1.54. The third-order valence-corrected chi connectivity index (χ3v) is 6.04. The molecule has 0 aromatic heterocycles. The van der Waals surface area contributed by atoms with E-state index in [4.69, 9.17) is 0 Å². The predicted molar refractivity (Wildman–Crippen MR) is 85.3 cm³/mol. The summed E-state index contributed by atoms with van der Waals surface area (Å²) in [5.41, 5.74) is 0.883. The van der Waals surface area contributed by atoms with Gasteiger partial charge in [0.2, 0.25) is 5.91 Å². The van der Waals surface area contributed by atoms with Crippen molar-refractivity contribution < 1.29 is 13.2 Å². The summed E-state index contributed by atoms with van der Waals surface area (Å²) in [6.07, 6.45) is 6.66. The quantitative estimate of drug-likeness (QED) is 0.858. The van der Waals surface area contributed by atoms with E-state index in [-0.39, 0.29) is 5.91 Å². The van der Waals surface area contributed by atoms with E-state index >= 15 is 0 Å². The summed E-state index contributed by atoms with van der Waals surface area (Å²) in [6, 6.07) is 6.67. The van der Waals surface area contributed by atoms with E-state index in [2.05, 4.69) is 0 Å². The van der Waals surface area contributed by atoms with Gasteiger partial charge in [-0.25, -0.2) is 8.42 Å². The van der Waals surface area contributed by atoms with Crippen LogP contribution in [0.4, 0.5) is 0 Å². The number of piperidine rings is 1. The normalized spacial score (nSPS) is 25.0. The van der Waals surface area contributed by atoms with Crippen LogP contribution in [0.5, 0.6) is 0 Å². The van der Waals surface area contributed by atoms with Gasteiger partial charge in [-0.3, -0.25) is 4.79 Å². The molecule has 2 atom stereocenters. The molecule has 4 nitrogen and oxygen atoms in total. The van der Waals surface area contributed by atoms with Gasteiger partial charge >= 0.3 is 0 Å². The van der Waals surface area contributed by atoms with Gasteiger partial charge in [-0.05, 0) is 48.8 Å². The van der Waals surface area contributed by atoms with E-state index in [1.54, 1.807) is 24.3 Å². The zero-order valence-corrected chi connectivity index (χ0v) is 13.8. The third kappa shape index (κ3) is 3.51. The number of amides is 1. The molecule has 0 N–H and O–H groups in total. The SMILES string of the molecule is CS(=O)(=O)c1ccc(CC(=O)N2C[C@@H]3CCC[C@H](C3)C2)cc1. The second kappa shape index (κ2) is 6.03. The molecule has 1 amide bonds. The maximum atomic E-state index is 12.5. The van der Waals surface area contributed by atoms with E-state index in [9.17, 15) is 13.2 Å². The van der Waals surface area contributed by atoms with E-state index in [0.717, 1.165) is 18.7 Å². The molecule has 1 heterocycles. The second-order valence-electron chi connectivity index (χ2n) is 6.79. The molecular weight excluding hydrogens is 298 g/mol. The van der Waals surface area contributed by atoms with Gasteiger partial charge in [-0.15, -0.1) is 0 Å². The molecule has 0 spiro atoms. The van der Waals surface area contributed by atoms with Crippen molar-refractivity contribution >= 4 is 15.7 Å². The number of sulfone groups is 1. The van der Waals surface area contributed by atoms with Crippen LogP contribution < -0.4 is 0 Å². The Bertz CT molecular complexity index is 639. The molecule has 2 aliphatic rings. The summed E-state index contributed by atoms with van der Waals surface area (Å²) in [5, 5.41) is 0. The first kappa shape index (κ1) is 15.5. The van der Waals surface area contributed by atoms with Crippen LogP contribution in [0.3, 0.4) is 0 Å². The van der Waals surface area contributed by atoms with Crippen molar-refractivity contribution in [2.75, 3.05) is 19.3 Å². The van der Waals surface area contributed by atoms with Crippen molar-refractivity contribution in [2.24, 2.45) is 11.8 Å². The lowest BCUT2D eigenvalue weighted by molar-refractivity contribution is -0.134. The Hall–Kier alpha value is -1.36. The fourth-order valence-corrected chi connectivity index (χ4v) is 4.41. The molecule has 1 aliphatic heterocycles. The summed E-state index contributed by atoms with van der Waals surface area (Å²) >= 11 is 0. The summed E-state index contributed by atoms with van der Waals surface area (Å²) in [7, 11) is -3.17. The molecule has 1 aromatic rings. The summed E-state index contributed by atoms with van der Waals surface area (Å²) < 4.78 is 22.9. The summed E-state index contributed by atoms with van der Waals surface area (Å²) in [6.45, 7) is 1.80. The minimum atomic E-state index is -3.17. The minimum Gasteiger partial charge on any atom is -0.342 e. The molecule has 1 saturated carbocycles. The highest BCUT2D eigenvalue weighted by molar-refractivity contribution is 7.90. The van der Waals surface area contributed by atoms with Crippen LogP contribution >= 0.6 is 0 Å². The van der Waals surface area contributed by atoms with E-state index in [0.29, 0.717) is 23.2 Å². The lowest BCUT2D eigenvalue weighted by Gasteiger charge is -2.41. The zero-order chi connectivity index (χ0) is 15.7. The maximum absolute atomic E-state index is 12.5. The molecule has 1 aromatic carbocycles. The highest BCUT2D eigenvalue weighted by Gasteiger charge is 2.32. The number of benzene rings is 1. The third-order valence-electron chi connectivity index (χ3n) is 4.91. The van der Waals surface area contributed by atoms with E-state index < -0.39 is 9.84 Å². The van der Waals surface area contributed by atoms with Gasteiger partial charge in [0.1, 0.15) is 0 Å². The molecular formula is C17H23NO3S. The monoisotopic (exact) mass is 321 g/mol. The van der Waals surface area contributed by atoms with Crippen LogP contribution in [0, 0.1) is 11.8 Å². The van der Waals surface area contributed by atoms with Crippen LogP contribution in [0.2, 0.25) is 0 Å². The van der Waals surface area contributed by atoms with Gasteiger partial charge in [-0.2, -0.15) is 0 Å². The lowest BCUT2D eigenvalue weighted by Crippen LogP contribution is -2.46. The average molecular weight is 321 g/mol. The number of hydrogen-bond donors (Lipinski definition) is 0. The first-order valence-corrected chi connectivity index (χ1v) is 9.88. The topological polar surface area (TPSA) is 54.5 Å². The van der Waals surface area contributed by atoms with E-state index in [1.165, 1.54) is 31.9 Å². The standard InChI is InChI=1S/C17H23NO3S/c1-22(20,21)16-7-5-13(6-8-16)10-17(19)18-11-14-3-2-4-15(9-14)12-18/h5-8,14-15H,2-4,9-12H2,1H3/t14-,15-/m1/s1. The molecule has 0 radical (unpaired) electrons. The van der Waals surface area contributed by atoms with Gasteiger partial charge in [0, 0.05) is 19.3 Å². The molecule has 2 bridgehead atoms. The lowest BCUT2D eigenvalue weighted by atomic mass is 9.78. The minimum absolute atomic E-state index is 0.170. The maximum Gasteiger partial charge on any atom is 0.227 e. The highest BCUT2D eigenvalue weighted by Crippen LogP contribution is 2.34. The van der Waals surface area contributed by atoms with Crippen LogP contribution in [0.25, 0.3) is 0 Å². The largest absolute Gasteiger partial charge is 0.342 e. The van der Waals surface area contributed by atoms with Crippen molar-refractivity contribution in [3.8, 4) is 0 Å². The Morgan fingerprint density at radius 1 is 1.14 bits per heavy atom. The smallest absolute Gasteiger partial charge is 0.227 e. The molecule has 120 valence electrons. The van der Waals surface area contributed by atoms with Gasteiger partial charge in [0.05, 0.1) is 11.3 Å². The van der Waals surface area contributed by atoms with Crippen molar-refractivity contribution in [3.63, 3.8) is 0 Å². The van der Waals surface area contributed by atoms with Crippen LogP contribution in [-0.2, 0) is 21.1 Å². The molecule has 3 rings (SSSR count). The van der Waals surface area contributed by atoms with Crippen molar-refractivity contribution in [3.05, 3.63) is 29.8 Å². The first-order valence-electron chi connectivity index (χ1n) is 7.98. The van der Waals surface area contributed by atoms with Crippen LogP contribution in [0.1, 0.15) is 31.2 Å². The number of fused-ring (bicyclic) bond motifs is 2. The summed E-state index contributed by atoms with van der Waals surface area (Å²) in [4.78, 5) is 14.8. The number of carbonyl (C=O) groups is 1. The Kier molecular flexibility index (Phi) is 4.26. The Morgan fingerprint density at radius 2 is 1.73 bits per heavy atom. The van der Waals surface area contributed by atoms with Gasteiger partial charge in [0.15, 0.2) is 9.84 Å². The molecule has 0 unspecified atom stereocenters. The van der Waals surface area contributed by atoms with Crippen molar-refractivity contribution in [1.29, 1.82) is 0 Å². The number of carbonyl (C=O) groups excluding carboxylic acids is 1. The number of rotatable bonds is 3. The predicted octanol–water partition coefficient (Wildman–Crippen LogP) is 2.28. The molecule has 2 fully saturated rings. The van der Waals surface area contributed by atoms with Crippen molar-refractivity contribution in [2.45, 2.75) is 37.0 Å². The van der Waals surface area contributed by atoms with Crippen LogP contribution in [0.15, 0.2) is 29.2 Å². The Labute approximate surface area is 132 Å². The fraction of sp³-hybridized carbons (Fsp3) is 0.588. The zero-order valence-electron chi connectivity index (χ0n) is 13.0.